The van der Waals surface area contributed by atoms with Gasteiger partial charge in [0.2, 0.25) is 11.7 Å². The highest BCUT2D eigenvalue weighted by molar-refractivity contribution is 7.13. The quantitative estimate of drug-likeness (QED) is 0.850. The Hall–Kier alpha value is -1.65. The average molecular weight is 398 g/mol. The summed E-state index contributed by atoms with van der Waals surface area (Å²) in [5, 5.41) is 14.7. The molecule has 0 radical (unpaired) electrons. The summed E-state index contributed by atoms with van der Waals surface area (Å²) < 4.78 is 44.3. The van der Waals surface area contributed by atoms with Gasteiger partial charge in [0.05, 0.1) is 22.8 Å². The predicted molar refractivity (Wildman–Crippen MR) is 85.5 cm³/mol. The summed E-state index contributed by atoms with van der Waals surface area (Å²) in [6.07, 6.45) is -4.56. The van der Waals surface area contributed by atoms with E-state index in [4.69, 9.17) is 9.63 Å². The predicted octanol–water partition coefficient (Wildman–Crippen LogP) is 3.48. The Morgan fingerprint density at radius 2 is 2.20 bits per heavy atom. The molecule has 0 amide bonds. The maximum Gasteiger partial charge on any atom is 0.393 e. The third-order valence-electron chi connectivity index (χ3n) is 4.17. The molecule has 0 saturated carbocycles. The lowest BCUT2D eigenvalue weighted by molar-refractivity contribution is -0.188. The standard InChI is InChI=1S/C14H14F3N3O3S.ClH/c1-7(12-18-11(19-23-12)10-3-2-4-24-10)20-5-8(13(21)22)9(6-20)14(15,16)17;/h2-4,7-9H,5-6H2,1H3,(H,21,22);1H/t7?,8-,9-;/m1./s1. The fraction of sp³-hybridized carbons (Fsp3) is 0.500. The van der Waals surface area contributed by atoms with Gasteiger partial charge in [-0.15, -0.1) is 23.7 Å². The fourth-order valence-corrected chi connectivity index (χ4v) is 3.45. The van der Waals surface area contributed by atoms with Crippen LogP contribution in [-0.2, 0) is 4.79 Å². The number of carboxylic acids is 1. The minimum Gasteiger partial charge on any atom is -0.481 e. The van der Waals surface area contributed by atoms with Crippen LogP contribution in [0.15, 0.2) is 22.0 Å². The molecule has 1 saturated heterocycles. The molecule has 6 nitrogen and oxygen atoms in total. The molecule has 0 aromatic carbocycles. The van der Waals surface area contributed by atoms with Gasteiger partial charge in [-0.3, -0.25) is 9.69 Å². The summed E-state index contributed by atoms with van der Waals surface area (Å²) in [6.45, 7) is 1.01. The highest BCUT2D eigenvalue weighted by atomic mass is 35.5. The van der Waals surface area contributed by atoms with Crippen molar-refractivity contribution in [3.63, 3.8) is 0 Å². The van der Waals surface area contributed by atoms with Crippen LogP contribution >= 0.6 is 23.7 Å². The van der Waals surface area contributed by atoms with E-state index in [1.165, 1.54) is 16.2 Å². The molecule has 0 bridgehead atoms. The van der Waals surface area contributed by atoms with E-state index in [-0.39, 0.29) is 24.8 Å². The van der Waals surface area contributed by atoms with Crippen LogP contribution in [0.3, 0.4) is 0 Å². The zero-order valence-corrected chi connectivity index (χ0v) is 14.6. The van der Waals surface area contributed by atoms with E-state index in [9.17, 15) is 18.0 Å². The van der Waals surface area contributed by atoms with Crippen LogP contribution in [0.2, 0.25) is 0 Å². The first-order valence-corrected chi connectivity index (χ1v) is 8.06. The number of alkyl halides is 3. The van der Waals surface area contributed by atoms with E-state index in [1.54, 1.807) is 13.0 Å². The van der Waals surface area contributed by atoms with Crippen LogP contribution in [-0.4, -0.2) is 45.4 Å². The van der Waals surface area contributed by atoms with Crippen molar-refractivity contribution in [2.75, 3.05) is 13.1 Å². The van der Waals surface area contributed by atoms with Crippen LogP contribution < -0.4 is 0 Å². The third-order valence-corrected chi connectivity index (χ3v) is 5.04. The van der Waals surface area contributed by atoms with Crippen molar-refractivity contribution in [3.05, 3.63) is 23.4 Å². The number of likely N-dealkylation sites (tertiary alicyclic amines) is 1. The maximum atomic E-state index is 13.1. The minimum absolute atomic E-state index is 0. The summed E-state index contributed by atoms with van der Waals surface area (Å²) in [5.74, 6) is -4.31. The number of carbonyl (C=O) groups is 1. The van der Waals surface area contributed by atoms with E-state index in [0.29, 0.717) is 5.82 Å². The average Bonchev–Trinajstić information content (AvgIpc) is 3.23. The fourth-order valence-electron chi connectivity index (χ4n) is 2.80. The Morgan fingerprint density at radius 1 is 1.48 bits per heavy atom. The minimum atomic E-state index is -4.56. The van der Waals surface area contributed by atoms with E-state index >= 15 is 0 Å². The van der Waals surface area contributed by atoms with E-state index in [0.717, 1.165) is 4.88 Å². The van der Waals surface area contributed by atoms with Crippen molar-refractivity contribution in [2.24, 2.45) is 11.8 Å². The lowest BCUT2D eigenvalue weighted by Gasteiger charge is -2.21. The second-order valence-electron chi connectivity index (χ2n) is 5.66. The molecule has 2 aromatic rings. The number of aliphatic carboxylic acids is 1. The van der Waals surface area contributed by atoms with Gasteiger partial charge < -0.3 is 9.63 Å². The first kappa shape index (κ1) is 19.7. The van der Waals surface area contributed by atoms with Gasteiger partial charge in [0, 0.05) is 13.1 Å². The summed E-state index contributed by atoms with van der Waals surface area (Å²) in [4.78, 5) is 17.6. The van der Waals surface area contributed by atoms with E-state index in [1.807, 2.05) is 11.4 Å². The van der Waals surface area contributed by atoms with Crippen LogP contribution in [0.1, 0.15) is 18.9 Å². The molecular weight excluding hydrogens is 383 g/mol. The molecule has 0 aliphatic carbocycles. The molecule has 3 rings (SSSR count). The molecule has 11 heteroatoms. The molecule has 1 unspecified atom stereocenters. The van der Waals surface area contributed by atoms with Gasteiger partial charge in [-0.25, -0.2) is 0 Å². The molecule has 0 spiro atoms. The maximum absolute atomic E-state index is 13.1. The number of hydrogen-bond acceptors (Lipinski definition) is 6. The molecule has 1 N–H and O–H groups in total. The highest BCUT2D eigenvalue weighted by Crippen LogP contribution is 2.40. The second kappa shape index (κ2) is 7.30. The molecule has 138 valence electrons. The van der Waals surface area contributed by atoms with Crippen molar-refractivity contribution < 1.29 is 27.6 Å². The van der Waals surface area contributed by atoms with E-state index in [2.05, 4.69) is 10.1 Å². The highest BCUT2D eigenvalue weighted by Gasteiger charge is 2.53. The number of aromatic nitrogens is 2. The molecule has 3 heterocycles. The smallest absolute Gasteiger partial charge is 0.393 e. The van der Waals surface area contributed by atoms with Gasteiger partial charge in [0.1, 0.15) is 0 Å². The van der Waals surface area contributed by atoms with Gasteiger partial charge in [-0.05, 0) is 18.4 Å². The van der Waals surface area contributed by atoms with Crippen LogP contribution in [0.4, 0.5) is 13.2 Å². The zero-order chi connectivity index (χ0) is 17.5. The molecule has 3 atom stereocenters. The lowest BCUT2D eigenvalue weighted by Crippen LogP contribution is -2.33. The number of nitrogens with zero attached hydrogens (tertiary/aromatic N) is 3. The molecule has 1 fully saturated rings. The Bertz CT molecular complexity index is 722. The summed E-state index contributed by atoms with van der Waals surface area (Å²) in [7, 11) is 0. The Balaban J connectivity index is 0.00000225. The Labute approximate surface area is 151 Å². The van der Waals surface area contributed by atoms with Crippen molar-refractivity contribution >= 4 is 29.7 Å². The van der Waals surface area contributed by atoms with Crippen LogP contribution in [0, 0.1) is 11.8 Å². The largest absolute Gasteiger partial charge is 0.481 e. The van der Waals surface area contributed by atoms with Gasteiger partial charge in [-0.1, -0.05) is 11.2 Å². The summed E-state index contributed by atoms with van der Waals surface area (Å²) in [6, 6.07) is 3.03. The Kier molecular flexibility index (Phi) is 5.75. The van der Waals surface area contributed by atoms with Gasteiger partial charge in [-0.2, -0.15) is 18.2 Å². The third kappa shape index (κ3) is 3.96. The number of rotatable bonds is 4. The molecular formula is C14H15ClF3N3O3S. The van der Waals surface area contributed by atoms with Gasteiger partial charge >= 0.3 is 12.1 Å². The molecule has 2 aromatic heterocycles. The normalized spacial score (nSPS) is 22.6. The first-order chi connectivity index (χ1) is 11.3. The number of carboxylic acid groups (broad SMARTS) is 1. The SMILES string of the molecule is CC(c1nc(-c2cccs2)no1)N1C[C@@H](C(F)(F)F)[C@H](C(=O)O)C1.Cl. The van der Waals surface area contributed by atoms with Crippen molar-refractivity contribution in [2.45, 2.75) is 19.1 Å². The molecule has 25 heavy (non-hydrogen) atoms. The lowest BCUT2D eigenvalue weighted by atomic mass is 9.96. The van der Waals surface area contributed by atoms with E-state index < -0.39 is 36.6 Å². The summed E-state index contributed by atoms with van der Waals surface area (Å²) in [5.41, 5.74) is 0. The summed E-state index contributed by atoms with van der Waals surface area (Å²) >= 11 is 1.42. The Morgan fingerprint density at radius 3 is 2.72 bits per heavy atom. The van der Waals surface area contributed by atoms with Crippen LogP contribution in [0.25, 0.3) is 10.7 Å². The monoisotopic (exact) mass is 397 g/mol. The first-order valence-electron chi connectivity index (χ1n) is 7.18. The van der Waals surface area contributed by atoms with Crippen LogP contribution in [0.5, 0.6) is 0 Å². The zero-order valence-electron chi connectivity index (χ0n) is 12.9. The number of halogens is 4. The topological polar surface area (TPSA) is 79.5 Å². The van der Waals surface area contributed by atoms with Gasteiger partial charge in [0.15, 0.2) is 0 Å². The number of hydrogen-bond donors (Lipinski definition) is 1. The van der Waals surface area contributed by atoms with Crippen molar-refractivity contribution in [3.8, 4) is 10.7 Å². The van der Waals surface area contributed by atoms with Crippen molar-refractivity contribution in [1.29, 1.82) is 0 Å². The molecule has 1 aliphatic heterocycles. The second-order valence-corrected chi connectivity index (χ2v) is 6.60. The van der Waals surface area contributed by atoms with Crippen molar-refractivity contribution in [1.82, 2.24) is 15.0 Å². The number of thiophene rings is 1. The molecule has 1 aliphatic rings. The van der Waals surface area contributed by atoms with Gasteiger partial charge in [0.25, 0.3) is 0 Å².